The Balaban J connectivity index is 1.53. The van der Waals surface area contributed by atoms with Gasteiger partial charge in [-0.05, 0) is 71.7 Å². The lowest BCUT2D eigenvalue weighted by atomic mass is 9.86. The largest absolute Gasteiger partial charge is 0.374 e. The van der Waals surface area contributed by atoms with Gasteiger partial charge in [0.05, 0.1) is 22.9 Å². The van der Waals surface area contributed by atoms with Gasteiger partial charge in [-0.2, -0.15) is 0 Å². The normalized spacial score (nSPS) is 19.9. The summed E-state index contributed by atoms with van der Waals surface area (Å²) in [4.78, 5) is 20.2. The summed E-state index contributed by atoms with van der Waals surface area (Å²) in [6.45, 7) is 4.01. The first-order chi connectivity index (χ1) is 19.5. The summed E-state index contributed by atoms with van der Waals surface area (Å²) in [5.41, 5.74) is 10.5. The molecule has 41 heavy (non-hydrogen) atoms. The third-order valence-electron chi connectivity index (χ3n) is 8.58. The van der Waals surface area contributed by atoms with Gasteiger partial charge in [0.1, 0.15) is 6.23 Å². The Morgan fingerprint density at radius 1 is 1.02 bits per heavy atom. The molecule has 3 aromatic carbocycles. The van der Waals surface area contributed by atoms with Gasteiger partial charge in [0.25, 0.3) is 0 Å². The van der Waals surface area contributed by atoms with Crippen LogP contribution in [0.3, 0.4) is 0 Å². The van der Waals surface area contributed by atoms with Crippen LogP contribution in [0.1, 0.15) is 85.7 Å². The lowest BCUT2D eigenvalue weighted by Gasteiger charge is -2.40. The van der Waals surface area contributed by atoms with Crippen LogP contribution in [0.15, 0.2) is 82.7 Å². The van der Waals surface area contributed by atoms with Gasteiger partial charge < -0.3 is 10.8 Å². The van der Waals surface area contributed by atoms with E-state index in [9.17, 15) is 18.3 Å². The standard InChI is InChI=1S/C32H38N4O4S/c1-4-32(5-2)20-28(37)36(31(33)35-32)29(22-13-16-25(17-14-22)41(3,39)40)23-10-8-11-24(19-23)30(38)34-27-18-15-21-9-6-7-12-26(21)27/h6-14,16-17,19,27,29-30,34,38H,4-5,15,18,20H2,1-3H3,(H2,33,35)/t27-,29?,30?/m0/s1. The predicted octanol–water partition coefficient (Wildman–Crippen LogP) is 4.55. The molecule has 1 aliphatic heterocycles. The zero-order chi connectivity index (χ0) is 29.4. The minimum atomic E-state index is -3.40. The van der Waals surface area contributed by atoms with Crippen LogP contribution in [0.2, 0.25) is 0 Å². The second-order valence-corrected chi connectivity index (χ2v) is 13.1. The fraction of sp³-hybridized carbons (Fsp3) is 0.375. The van der Waals surface area contributed by atoms with Crippen molar-refractivity contribution in [3.05, 3.63) is 101 Å². The Bertz CT molecular complexity index is 1560. The van der Waals surface area contributed by atoms with Crippen LogP contribution >= 0.6 is 0 Å². The number of hydrogen-bond donors (Lipinski definition) is 3. The topological polar surface area (TPSA) is 125 Å². The van der Waals surface area contributed by atoms with E-state index in [1.54, 1.807) is 24.3 Å². The molecule has 216 valence electrons. The number of sulfone groups is 1. The van der Waals surface area contributed by atoms with Crippen molar-refractivity contribution in [3.8, 4) is 0 Å². The number of carbonyl (C=O) groups excluding carboxylic acids is 1. The molecule has 3 atom stereocenters. The number of nitrogens with one attached hydrogen (secondary N) is 1. The van der Waals surface area contributed by atoms with E-state index in [1.165, 1.54) is 16.0 Å². The van der Waals surface area contributed by atoms with Crippen molar-refractivity contribution in [2.75, 3.05) is 6.26 Å². The van der Waals surface area contributed by atoms with Crippen LogP contribution in [0.25, 0.3) is 0 Å². The first kappa shape index (κ1) is 29.0. The molecule has 0 fully saturated rings. The molecule has 3 aromatic rings. The number of guanidine groups is 1. The molecule has 0 aromatic heterocycles. The number of nitrogens with two attached hydrogens (primary N) is 1. The first-order valence-electron chi connectivity index (χ1n) is 14.1. The summed E-state index contributed by atoms with van der Waals surface area (Å²) in [6.07, 6.45) is 3.69. The molecule has 0 bridgehead atoms. The van der Waals surface area contributed by atoms with Gasteiger partial charge in [-0.1, -0.05) is 68.4 Å². The monoisotopic (exact) mass is 574 g/mol. The summed E-state index contributed by atoms with van der Waals surface area (Å²) in [6, 6.07) is 21.6. The molecule has 1 heterocycles. The highest BCUT2D eigenvalue weighted by molar-refractivity contribution is 7.90. The van der Waals surface area contributed by atoms with Crippen LogP contribution in [0, 0.1) is 0 Å². The summed E-state index contributed by atoms with van der Waals surface area (Å²) < 4.78 is 24.3. The first-order valence-corrected chi connectivity index (χ1v) is 16.0. The molecule has 0 spiro atoms. The number of carbonyl (C=O) groups is 1. The number of aryl methyl sites for hydroxylation is 1. The second-order valence-electron chi connectivity index (χ2n) is 11.1. The van der Waals surface area contributed by atoms with Crippen LogP contribution in [0.4, 0.5) is 0 Å². The Labute approximate surface area is 242 Å². The number of aliphatic hydroxyl groups excluding tert-OH is 1. The van der Waals surface area contributed by atoms with E-state index in [1.807, 2.05) is 50.2 Å². The van der Waals surface area contributed by atoms with E-state index in [4.69, 9.17) is 10.7 Å². The van der Waals surface area contributed by atoms with Gasteiger partial charge in [-0.25, -0.2) is 13.4 Å². The Morgan fingerprint density at radius 2 is 1.71 bits per heavy atom. The number of aliphatic imine (C=N–C) groups is 1. The molecule has 2 aliphatic rings. The van der Waals surface area contributed by atoms with Crippen LogP contribution in [0.5, 0.6) is 0 Å². The molecule has 5 rings (SSSR count). The maximum atomic E-state index is 13.7. The highest BCUT2D eigenvalue weighted by atomic mass is 32.2. The summed E-state index contributed by atoms with van der Waals surface area (Å²) in [5, 5.41) is 14.6. The number of rotatable bonds is 9. The van der Waals surface area contributed by atoms with Crippen molar-refractivity contribution in [1.29, 1.82) is 0 Å². The van der Waals surface area contributed by atoms with Crippen LogP contribution in [-0.2, 0) is 21.1 Å². The van der Waals surface area contributed by atoms with E-state index in [0.717, 1.165) is 24.7 Å². The average Bonchev–Trinajstić information content (AvgIpc) is 3.37. The highest BCUT2D eigenvalue weighted by Crippen LogP contribution is 2.38. The molecule has 1 aliphatic carbocycles. The van der Waals surface area contributed by atoms with Gasteiger partial charge in [-0.3, -0.25) is 15.0 Å². The van der Waals surface area contributed by atoms with Crippen molar-refractivity contribution in [2.45, 2.75) is 74.7 Å². The number of hydrogen-bond acceptors (Lipinski definition) is 7. The van der Waals surface area contributed by atoms with Crippen molar-refractivity contribution >= 4 is 21.7 Å². The van der Waals surface area contributed by atoms with Crippen molar-refractivity contribution in [2.24, 2.45) is 10.7 Å². The molecule has 2 unspecified atom stereocenters. The molecule has 8 nitrogen and oxygen atoms in total. The number of benzene rings is 3. The predicted molar refractivity (Wildman–Crippen MR) is 160 cm³/mol. The summed E-state index contributed by atoms with van der Waals surface area (Å²) >= 11 is 0. The van der Waals surface area contributed by atoms with Crippen molar-refractivity contribution in [3.63, 3.8) is 0 Å². The minimum absolute atomic E-state index is 0.0341. The zero-order valence-corrected chi connectivity index (χ0v) is 24.6. The zero-order valence-electron chi connectivity index (χ0n) is 23.7. The average molecular weight is 575 g/mol. The van der Waals surface area contributed by atoms with Gasteiger partial charge in [0, 0.05) is 12.3 Å². The number of fused-ring (bicyclic) bond motifs is 1. The second kappa shape index (κ2) is 11.4. The molecular weight excluding hydrogens is 536 g/mol. The SMILES string of the molecule is CCC1(CC)CC(=O)N(C(c2ccc(S(C)(=O)=O)cc2)c2cccc(C(O)N[C@H]3CCc4ccccc43)c2)C(N)=N1. The Hall–Kier alpha value is -3.53. The highest BCUT2D eigenvalue weighted by Gasteiger charge is 2.41. The number of nitrogens with zero attached hydrogens (tertiary/aromatic N) is 2. The van der Waals surface area contributed by atoms with E-state index < -0.39 is 27.6 Å². The molecule has 1 amide bonds. The third kappa shape index (κ3) is 5.80. The molecule has 0 saturated carbocycles. The molecular formula is C32H38N4O4S. The number of amides is 1. The van der Waals surface area contributed by atoms with E-state index in [-0.39, 0.29) is 29.2 Å². The Morgan fingerprint density at radius 3 is 2.37 bits per heavy atom. The molecule has 4 N–H and O–H groups in total. The smallest absolute Gasteiger partial charge is 0.232 e. The molecule has 0 saturated heterocycles. The summed E-state index contributed by atoms with van der Waals surface area (Å²) in [5.74, 6) is -0.0150. The Kier molecular flexibility index (Phi) is 8.05. The number of aliphatic hydroxyl groups is 1. The third-order valence-corrected chi connectivity index (χ3v) is 9.71. The van der Waals surface area contributed by atoms with Gasteiger partial charge in [0.15, 0.2) is 15.8 Å². The van der Waals surface area contributed by atoms with E-state index in [0.29, 0.717) is 24.0 Å². The van der Waals surface area contributed by atoms with Crippen molar-refractivity contribution < 1.29 is 18.3 Å². The van der Waals surface area contributed by atoms with Crippen LogP contribution in [-0.4, -0.2) is 42.1 Å². The van der Waals surface area contributed by atoms with E-state index in [2.05, 4.69) is 17.4 Å². The fourth-order valence-electron chi connectivity index (χ4n) is 6.07. The minimum Gasteiger partial charge on any atom is -0.374 e. The van der Waals surface area contributed by atoms with Crippen molar-refractivity contribution in [1.82, 2.24) is 10.2 Å². The molecule has 0 radical (unpaired) electrons. The van der Waals surface area contributed by atoms with Crippen LogP contribution < -0.4 is 11.1 Å². The summed E-state index contributed by atoms with van der Waals surface area (Å²) in [7, 11) is -3.40. The lowest BCUT2D eigenvalue weighted by molar-refractivity contribution is -0.131. The maximum absolute atomic E-state index is 13.7. The maximum Gasteiger partial charge on any atom is 0.232 e. The van der Waals surface area contributed by atoms with Gasteiger partial charge >= 0.3 is 0 Å². The van der Waals surface area contributed by atoms with Gasteiger partial charge in [0.2, 0.25) is 5.91 Å². The fourth-order valence-corrected chi connectivity index (χ4v) is 6.70. The quantitative estimate of drug-likeness (QED) is 0.322. The molecule has 9 heteroatoms. The van der Waals surface area contributed by atoms with Gasteiger partial charge in [-0.15, -0.1) is 0 Å². The van der Waals surface area contributed by atoms with E-state index >= 15 is 0 Å². The lowest BCUT2D eigenvalue weighted by Crippen LogP contribution is -2.52.